The fourth-order valence-corrected chi connectivity index (χ4v) is 2.51. The fourth-order valence-electron chi connectivity index (χ4n) is 2.51. The minimum absolute atomic E-state index is 0.000496. The van der Waals surface area contributed by atoms with Gasteiger partial charge in [-0.25, -0.2) is 4.79 Å². The quantitative estimate of drug-likeness (QED) is 0.838. The smallest absolute Gasteiger partial charge is 0.318 e. The molecule has 3 amide bonds. The maximum atomic E-state index is 12.1. The van der Waals surface area contributed by atoms with Gasteiger partial charge in [-0.1, -0.05) is 12.1 Å². The average molecular weight is 319 g/mol. The molecule has 0 atom stereocenters. The largest absolute Gasteiger partial charge is 0.491 e. The molecule has 0 unspecified atom stereocenters. The van der Waals surface area contributed by atoms with Crippen LogP contribution in [0.3, 0.4) is 0 Å². The van der Waals surface area contributed by atoms with E-state index in [-0.39, 0.29) is 18.5 Å². The predicted molar refractivity (Wildman–Crippen MR) is 88.6 cm³/mol. The van der Waals surface area contributed by atoms with Crippen LogP contribution < -0.4 is 10.1 Å². The molecule has 1 saturated heterocycles. The Hall–Kier alpha value is -2.24. The van der Waals surface area contributed by atoms with Gasteiger partial charge in [0, 0.05) is 19.6 Å². The lowest BCUT2D eigenvalue weighted by atomic mass is 10.1. The van der Waals surface area contributed by atoms with Gasteiger partial charge in [0.15, 0.2) is 0 Å². The van der Waals surface area contributed by atoms with Crippen molar-refractivity contribution in [1.82, 2.24) is 15.1 Å². The van der Waals surface area contributed by atoms with Gasteiger partial charge in [0.1, 0.15) is 18.9 Å². The number of carbonyl (C=O) groups excluding carboxylic acids is 2. The van der Waals surface area contributed by atoms with E-state index in [2.05, 4.69) is 5.32 Å². The first-order chi connectivity index (χ1) is 11.0. The summed E-state index contributed by atoms with van der Waals surface area (Å²) in [4.78, 5) is 27.2. The maximum absolute atomic E-state index is 12.1. The van der Waals surface area contributed by atoms with E-state index in [1.54, 1.807) is 9.80 Å². The second kappa shape index (κ2) is 7.85. The van der Waals surface area contributed by atoms with E-state index in [1.165, 1.54) is 0 Å². The number of likely N-dealkylation sites (N-methyl/N-ethyl adjacent to an activating group) is 1. The molecule has 6 heteroatoms. The molecule has 0 aromatic heterocycles. The number of ether oxygens (including phenoxy) is 1. The average Bonchev–Trinajstić information content (AvgIpc) is 2.54. The van der Waals surface area contributed by atoms with Crippen molar-refractivity contribution in [1.29, 1.82) is 0 Å². The summed E-state index contributed by atoms with van der Waals surface area (Å²) in [6.07, 6.45) is 0. The highest BCUT2D eigenvalue weighted by atomic mass is 16.5. The number of carbonyl (C=O) groups is 2. The summed E-state index contributed by atoms with van der Waals surface area (Å²) in [5.74, 6) is 0.839. The Bertz CT molecular complexity index is 574. The number of piperazine rings is 1. The highest BCUT2D eigenvalue weighted by Crippen LogP contribution is 2.18. The number of rotatable bonds is 5. The van der Waals surface area contributed by atoms with Crippen molar-refractivity contribution < 1.29 is 14.3 Å². The molecule has 0 spiro atoms. The molecule has 126 valence electrons. The summed E-state index contributed by atoms with van der Waals surface area (Å²) in [6.45, 7) is 8.78. The number of nitrogens with zero attached hydrogens (tertiary/aromatic N) is 2. The van der Waals surface area contributed by atoms with Crippen LogP contribution in [0.5, 0.6) is 5.75 Å². The summed E-state index contributed by atoms with van der Waals surface area (Å²) in [5, 5.41) is 2.80. The van der Waals surface area contributed by atoms with Crippen molar-refractivity contribution in [2.45, 2.75) is 20.8 Å². The minimum atomic E-state index is -0.210. The third-order valence-electron chi connectivity index (χ3n) is 3.97. The minimum Gasteiger partial charge on any atom is -0.491 e. The van der Waals surface area contributed by atoms with Gasteiger partial charge < -0.3 is 19.9 Å². The summed E-state index contributed by atoms with van der Waals surface area (Å²) in [5.41, 5.74) is 2.21. The Morgan fingerprint density at radius 2 is 2.09 bits per heavy atom. The van der Waals surface area contributed by atoms with Gasteiger partial charge in [0.25, 0.3) is 0 Å². The van der Waals surface area contributed by atoms with E-state index in [4.69, 9.17) is 4.74 Å². The zero-order valence-electron chi connectivity index (χ0n) is 14.1. The molecule has 1 N–H and O–H groups in total. The second-order valence-corrected chi connectivity index (χ2v) is 5.74. The second-order valence-electron chi connectivity index (χ2n) is 5.74. The van der Waals surface area contributed by atoms with Crippen molar-refractivity contribution in [3.8, 4) is 5.75 Å². The molecule has 1 aliphatic heterocycles. The van der Waals surface area contributed by atoms with Crippen LogP contribution in [-0.4, -0.2) is 61.1 Å². The Morgan fingerprint density at radius 3 is 2.78 bits per heavy atom. The van der Waals surface area contributed by atoms with Gasteiger partial charge in [-0.15, -0.1) is 0 Å². The Balaban J connectivity index is 1.73. The van der Waals surface area contributed by atoms with E-state index < -0.39 is 0 Å². The summed E-state index contributed by atoms with van der Waals surface area (Å²) < 4.78 is 5.70. The predicted octanol–water partition coefficient (Wildman–Crippen LogP) is 1.56. The maximum Gasteiger partial charge on any atom is 0.318 e. The topological polar surface area (TPSA) is 61.9 Å². The number of nitrogens with one attached hydrogen (secondary N) is 1. The van der Waals surface area contributed by atoms with Crippen molar-refractivity contribution in [2.75, 3.05) is 39.3 Å². The molecule has 6 nitrogen and oxygen atoms in total. The molecule has 0 bridgehead atoms. The first kappa shape index (κ1) is 17.1. The fraction of sp³-hybridized carbons (Fsp3) is 0.529. The van der Waals surface area contributed by atoms with Crippen molar-refractivity contribution >= 4 is 11.9 Å². The van der Waals surface area contributed by atoms with Gasteiger partial charge in [-0.3, -0.25) is 4.79 Å². The van der Waals surface area contributed by atoms with E-state index in [0.29, 0.717) is 32.8 Å². The Kier molecular flexibility index (Phi) is 5.84. The zero-order valence-corrected chi connectivity index (χ0v) is 14.1. The molecule has 23 heavy (non-hydrogen) atoms. The molecular formula is C17H25N3O3. The van der Waals surface area contributed by atoms with Crippen LogP contribution in [0.2, 0.25) is 0 Å². The highest BCUT2D eigenvalue weighted by molar-refractivity contribution is 5.85. The van der Waals surface area contributed by atoms with Gasteiger partial charge in [0.05, 0.1) is 6.54 Å². The number of amides is 3. The first-order valence-electron chi connectivity index (χ1n) is 8.02. The van der Waals surface area contributed by atoms with Crippen LogP contribution in [0.15, 0.2) is 18.2 Å². The van der Waals surface area contributed by atoms with Crippen LogP contribution in [0.25, 0.3) is 0 Å². The van der Waals surface area contributed by atoms with Gasteiger partial charge in [-0.05, 0) is 38.0 Å². The molecule has 0 radical (unpaired) electrons. The van der Waals surface area contributed by atoms with Crippen LogP contribution in [0.4, 0.5) is 4.79 Å². The van der Waals surface area contributed by atoms with Crippen molar-refractivity contribution in [3.63, 3.8) is 0 Å². The van der Waals surface area contributed by atoms with Crippen LogP contribution in [0.1, 0.15) is 18.1 Å². The normalized spacial score (nSPS) is 14.8. The third-order valence-corrected chi connectivity index (χ3v) is 3.97. The summed E-state index contributed by atoms with van der Waals surface area (Å²) >= 11 is 0. The molecule has 1 fully saturated rings. The van der Waals surface area contributed by atoms with E-state index in [9.17, 15) is 9.59 Å². The molecule has 0 saturated carbocycles. The van der Waals surface area contributed by atoms with Gasteiger partial charge >= 0.3 is 6.03 Å². The molecule has 2 rings (SSSR count). The molecule has 1 heterocycles. The van der Waals surface area contributed by atoms with E-state index in [1.807, 2.05) is 39.0 Å². The highest BCUT2D eigenvalue weighted by Gasteiger charge is 2.25. The van der Waals surface area contributed by atoms with E-state index >= 15 is 0 Å². The van der Waals surface area contributed by atoms with Gasteiger partial charge in [-0.2, -0.15) is 0 Å². The zero-order chi connectivity index (χ0) is 16.8. The summed E-state index contributed by atoms with van der Waals surface area (Å²) in [7, 11) is 0. The van der Waals surface area contributed by atoms with Crippen LogP contribution >= 0.6 is 0 Å². The lowest BCUT2D eigenvalue weighted by Gasteiger charge is -2.33. The summed E-state index contributed by atoms with van der Waals surface area (Å²) in [6, 6.07) is 5.83. The lowest BCUT2D eigenvalue weighted by molar-refractivity contribution is -0.134. The molecular weight excluding hydrogens is 294 g/mol. The number of hydrogen-bond acceptors (Lipinski definition) is 3. The van der Waals surface area contributed by atoms with Crippen LogP contribution in [0, 0.1) is 13.8 Å². The molecule has 1 aliphatic rings. The molecule has 1 aromatic carbocycles. The number of urea groups is 1. The molecule has 0 aliphatic carbocycles. The Morgan fingerprint density at radius 1 is 1.30 bits per heavy atom. The van der Waals surface area contributed by atoms with Crippen LogP contribution in [-0.2, 0) is 4.79 Å². The lowest BCUT2D eigenvalue weighted by Crippen LogP contribution is -2.54. The first-order valence-corrected chi connectivity index (χ1v) is 8.02. The number of aryl methyl sites for hydroxylation is 2. The Labute approximate surface area is 137 Å². The van der Waals surface area contributed by atoms with Crippen molar-refractivity contribution in [2.24, 2.45) is 0 Å². The monoisotopic (exact) mass is 319 g/mol. The SMILES string of the molecule is CCN1CCN(C(=O)NCCOc2cc(C)ccc2C)CC1=O. The number of benzene rings is 1. The standard InChI is InChI=1S/C17H25N3O3/c1-4-19-8-9-20(12-16(19)21)17(22)18-7-10-23-15-11-13(2)5-6-14(15)3/h5-6,11H,4,7-10,12H2,1-3H3,(H,18,22). The van der Waals surface area contributed by atoms with E-state index in [0.717, 1.165) is 16.9 Å². The van der Waals surface area contributed by atoms with Crippen molar-refractivity contribution in [3.05, 3.63) is 29.3 Å². The third kappa shape index (κ3) is 4.61. The number of hydrogen-bond donors (Lipinski definition) is 1. The molecule has 1 aromatic rings. The van der Waals surface area contributed by atoms with Gasteiger partial charge in [0.2, 0.25) is 5.91 Å².